The molecule has 1 aromatic carbocycles. The fraction of sp³-hybridized carbons (Fsp3) is 0.381. The summed E-state index contributed by atoms with van der Waals surface area (Å²) in [7, 11) is 0. The van der Waals surface area contributed by atoms with Crippen molar-refractivity contribution in [1.29, 1.82) is 0 Å². The number of carboxylic acid groups (broad SMARTS) is 1. The predicted molar refractivity (Wildman–Crippen MR) is 115 cm³/mol. The van der Waals surface area contributed by atoms with E-state index in [1.54, 1.807) is 11.5 Å². The molecule has 3 heterocycles. The van der Waals surface area contributed by atoms with Crippen LogP contribution in [0.1, 0.15) is 20.8 Å². The highest BCUT2D eigenvalue weighted by Gasteiger charge is 2.23. The average molecular weight is 429 g/mol. The molecule has 0 atom stereocenters. The van der Waals surface area contributed by atoms with Crippen molar-refractivity contribution in [2.75, 3.05) is 32.8 Å². The molecule has 0 saturated carbocycles. The highest BCUT2D eigenvalue weighted by atomic mass is 32.1. The van der Waals surface area contributed by atoms with Gasteiger partial charge in [0, 0.05) is 26.2 Å². The maximum Gasteiger partial charge on any atom is 0.346 e. The third kappa shape index (κ3) is 3.83. The molecule has 1 N–H and O–H groups in total. The highest BCUT2D eigenvalue weighted by Crippen LogP contribution is 2.28. The van der Waals surface area contributed by atoms with E-state index in [4.69, 9.17) is 4.74 Å². The maximum atomic E-state index is 13.3. The number of morpholine rings is 1. The Morgan fingerprint density at radius 2 is 1.80 bits per heavy atom. The Morgan fingerprint density at radius 1 is 1.10 bits per heavy atom. The number of hydrogen-bond acceptors (Lipinski definition) is 6. The van der Waals surface area contributed by atoms with Crippen LogP contribution >= 0.6 is 11.3 Å². The summed E-state index contributed by atoms with van der Waals surface area (Å²) in [5.74, 6) is -1.09. The van der Waals surface area contributed by atoms with E-state index in [0.717, 1.165) is 30.0 Å². The topological polar surface area (TPSA) is 93.8 Å². The van der Waals surface area contributed by atoms with Crippen molar-refractivity contribution in [3.63, 3.8) is 0 Å². The van der Waals surface area contributed by atoms with Crippen molar-refractivity contribution in [2.24, 2.45) is 0 Å². The molecule has 1 saturated heterocycles. The van der Waals surface area contributed by atoms with Gasteiger partial charge in [-0.15, -0.1) is 11.3 Å². The van der Waals surface area contributed by atoms with Gasteiger partial charge in [0.25, 0.3) is 5.56 Å². The molecule has 0 aliphatic carbocycles. The second-order valence-corrected chi connectivity index (χ2v) is 8.31. The Balaban J connectivity index is 1.84. The fourth-order valence-corrected chi connectivity index (χ4v) is 4.93. The van der Waals surface area contributed by atoms with Gasteiger partial charge in [0.05, 0.1) is 25.1 Å². The number of carbonyl (C=O) groups is 1. The van der Waals surface area contributed by atoms with Crippen LogP contribution in [0.4, 0.5) is 0 Å². The fourth-order valence-electron chi connectivity index (χ4n) is 3.77. The zero-order valence-electron chi connectivity index (χ0n) is 16.7. The van der Waals surface area contributed by atoms with E-state index in [1.807, 2.05) is 30.3 Å². The standard InChI is InChI=1S/C21H23N3O5S/c1-14-16-18(25)24(13-15-5-3-2-4-6-15)21(28)23(19(16)30-17(14)20(26)27)8-7-22-9-11-29-12-10-22/h2-6H,7-13H2,1H3,(H,26,27). The molecule has 30 heavy (non-hydrogen) atoms. The SMILES string of the molecule is Cc1c(C(=O)O)sc2c1c(=O)n(Cc1ccccc1)c(=O)n2CCN1CCOCC1. The number of nitrogens with zero attached hydrogens (tertiary/aromatic N) is 3. The van der Waals surface area contributed by atoms with E-state index in [-0.39, 0.29) is 11.4 Å². The second kappa shape index (κ2) is 8.55. The minimum absolute atomic E-state index is 0.0964. The van der Waals surface area contributed by atoms with Crippen LogP contribution in [0.5, 0.6) is 0 Å². The van der Waals surface area contributed by atoms with Gasteiger partial charge in [0.2, 0.25) is 0 Å². The summed E-state index contributed by atoms with van der Waals surface area (Å²) in [6, 6.07) is 9.30. The van der Waals surface area contributed by atoms with Crippen molar-refractivity contribution in [2.45, 2.75) is 20.0 Å². The number of carboxylic acids is 1. The van der Waals surface area contributed by atoms with Crippen molar-refractivity contribution < 1.29 is 14.6 Å². The number of rotatable bonds is 6. The van der Waals surface area contributed by atoms with E-state index < -0.39 is 17.2 Å². The number of aromatic nitrogens is 2. The van der Waals surface area contributed by atoms with Gasteiger partial charge < -0.3 is 9.84 Å². The lowest BCUT2D eigenvalue weighted by atomic mass is 10.2. The number of ether oxygens (including phenoxy) is 1. The molecule has 1 aliphatic heterocycles. The first-order valence-electron chi connectivity index (χ1n) is 9.81. The van der Waals surface area contributed by atoms with Gasteiger partial charge in [-0.05, 0) is 18.1 Å². The van der Waals surface area contributed by atoms with Crippen LogP contribution in [-0.2, 0) is 17.8 Å². The summed E-state index contributed by atoms with van der Waals surface area (Å²) in [4.78, 5) is 40.9. The molecule has 4 rings (SSSR count). The maximum absolute atomic E-state index is 13.3. The van der Waals surface area contributed by atoms with Gasteiger partial charge in [-0.2, -0.15) is 0 Å². The van der Waals surface area contributed by atoms with Crippen molar-refractivity contribution in [3.8, 4) is 0 Å². The monoisotopic (exact) mass is 429 g/mol. The second-order valence-electron chi connectivity index (χ2n) is 7.31. The Morgan fingerprint density at radius 3 is 2.47 bits per heavy atom. The largest absolute Gasteiger partial charge is 0.477 e. The lowest BCUT2D eigenvalue weighted by Crippen LogP contribution is -2.43. The third-order valence-corrected chi connectivity index (χ3v) is 6.72. The Kier molecular flexibility index (Phi) is 5.85. The van der Waals surface area contributed by atoms with Crippen LogP contribution in [0.25, 0.3) is 10.2 Å². The van der Waals surface area contributed by atoms with Crippen LogP contribution in [0.15, 0.2) is 39.9 Å². The molecule has 2 aromatic heterocycles. The molecular weight excluding hydrogens is 406 g/mol. The van der Waals surface area contributed by atoms with Crippen LogP contribution in [0, 0.1) is 6.92 Å². The molecule has 0 radical (unpaired) electrons. The Bertz CT molecular complexity index is 1190. The number of aromatic carboxylic acids is 1. The van der Waals surface area contributed by atoms with Crippen LogP contribution in [-0.4, -0.2) is 58.0 Å². The van der Waals surface area contributed by atoms with Crippen LogP contribution < -0.4 is 11.2 Å². The summed E-state index contributed by atoms with van der Waals surface area (Å²) < 4.78 is 8.14. The quantitative estimate of drug-likeness (QED) is 0.640. The number of benzene rings is 1. The molecule has 1 aliphatic rings. The molecule has 158 valence electrons. The zero-order valence-corrected chi connectivity index (χ0v) is 17.5. The van der Waals surface area contributed by atoms with Crippen LogP contribution in [0.3, 0.4) is 0 Å². The molecule has 0 unspecified atom stereocenters. The summed E-state index contributed by atoms with van der Waals surface area (Å²) >= 11 is 0.995. The molecule has 3 aromatic rings. The molecule has 9 heteroatoms. The first-order valence-corrected chi connectivity index (χ1v) is 10.6. The van der Waals surface area contributed by atoms with E-state index in [0.29, 0.717) is 42.1 Å². The number of fused-ring (bicyclic) bond motifs is 1. The summed E-state index contributed by atoms with van der Waals surface area (Å²) in [6.07, 6.45) is 0. The first kappa shape index (κ1) is 20.5. The molecule has 0 bridgehead atoms. The normalized spacial score (nSPS) is 15.0. The molecular formula is C21H23N3O5S. The lowest BCUT2D eigenvalue weighted by molar-refractivity contribution is 0.0363. The molecule has 1 fully saturated rings. The predicted octanol–water partition coefficient (Wildman–Crippen LogP) is 1.61. The van der Waals surface area contributed by atoms with Gasteiger partial charge in [0.15, 0.2) is 0 Å². The molecule has 0 amide bonds. The number of aryl methyl sites for hydroxylation is 1. The number of hydrogen-bond donors (Lipinski definition) is 1. The molecule has 0 spiro atoms. The zero-order chi connectivity index (χ0) is 21.3. The minimum Gasteiger partial charge on any atom is -0.477 e. The molecule has 8 nitrogen and oxygen atoms in total. The van der Waals surface area contributed by atoms with Crippen LogP contribution in [0.2, 0.25) is 0 Å². The lowest BCUT2D eigenvalue weighted by Gasteiger charge is -2.26. The van der Waals surface area contributed by atoms with Crippen molar-refractivity contribution in [3.05, 3.63) is 67.2 Å². The summed E-state index contributed by atoms with van der Waals surface area (Å²) in [5.41, 5.74) is 0.391. The van der Waals surface area contributed by atoms with Crippen molar-refractivity contribution in [1.82, 2.24) is 14.0 Å². The van der Waals surface area contributed by atoms with Gasteiger partial charge in [-0.1, -0.05) is 30.3 Å². The summed E-state index contributed by atoms with van der Waals surface area (Å²) in [5, 5.41) is 9.86. The third-order valence-electron chi connectivity index (χ3n) is 5.42. The highest BCUT2D eigenvalue weighted by molar-refractivity contribution is 7.20. The van der Waals surface area contributed by atoms with Gasteiger partial charge in [-0.3, -0.25) is 18.8 Å². The van der Waals surface area contributed by atoms with Gasteiger partial charge >= 0.3 is 11.7 Å². The van der Waals surface area contributed by atoms with Gasteiger partial charge in [-0.25, -0.2) is 9.59 Å². The Labute approximate surface area is 176 Å². The van der Waals surface area contributed by atoms with Gasteiger partial charge in [0.1, 0.15) is 9.71 Å². The van der Waals surface area contributed by atoms with E-state index in [9.17, 15) is 19.5 Å². The smallest absolute Gasteiger partial charge is 0.346 e. The van der Waals surface area contributed by atoms with Crippen molar-refractivity contribution >= 4 is 27.5 Å². The minimum atomic E-state index is -1.09. The first-order chi connectivity index (χ1) is 14.5. The Hall–Kier alpha value is -2.75. The van der Waals surface area contributed by atoms with E-state index >= 15 is 0 Å². The summed E-state index contributed by atoms with van der Waals surface area (Å²) in [6.45, 7) is 5.65. The van der Waals surface area contributed by atoms with E-state index in [2.05, 4.69) is 4.90 Å². The van der Waals surface area contributed by atoms with E-state index in [1.165, 1.54) is 4.57 Å². The average Bonchev–Trinajstić information content (AvgIpc) is 3.10. The number of thiophene rings is 1.